The molecule has 0 aromatic heterocycles. The van der Waals surface area contributed by atoms with Crippen molar-refractivity contribution in [2.45, 2.75) is 37.8 Å². The van der Waals surface area contributed by atoms with E-state index >= 15 is 0 Å². The Balaban J connectivity index is 2.10. The van der Waals surface area contributed by atoms with Crippen LogP contribution in [0, 0.1) is 12.3 Å². The number of benzene rings is 1. The van der Waals surface area contributed by atoms with E-state index in [0.717, 1.165) is 32.3 Å². The minimum atomic E-state index is 0.165. The van der Waals surface area contributed by atoms with Gasteiger partial charge in [-0.05, 0) is 37.4 Å². The van der Waals surface area contributed by atoms with Gasteiger partial charge in [0.05, 0.1) is 12.7 Å². The van der Waals surface area contributed by atoms with Crippen LogP contribution in [0.4, 0.5) is 0 Å². The first-order chi connectivity index (χ1) is 8.86. The van der Waals surface area contributed by atoms with Gasteiger partial charge in [0.2, 0.25) is 0 Å². The molecule has 1 aromatic carbocycles. The number of hydrogen-bond acceptors (Lipinski definition) is 2. The van der Waals surface area contributed by atoms with E-state index < -0.39 is 0 Å². The lowest BCUT2D eigenvalue weighted by atomic mass is 9.91. The Hall–Kier alpha value is -1.30. The molecular weight excluding hydrogens is 222 g/mol. The number of rotatable bonds is 5. The molecule has 1 aliphatic heterocycles. The molecule has 2 unspecified atom stereocenters. The number of likely N-dealkylation sites (N-methyl/N-ethyl adjacent to an activating group) is 1. The van der Waals surface area contributed by atoms with E-state index in [1.54, 1.807) is 0 Å². The second kappa shape index (κ2) is 6.58. The molecule has 1 aromatic rings. The highest BCUT2D eigenvalue weighted by molar-refractivity contribution is 5.31. The fraction of sp³-hybridized carbons (Fsp3) is 0.500. The summed E-state index contributed by atoms with van der Waals surface area (Å²) in [7, 11) is 2.00. The second-order valence-corrected chi connectivity index (χ2v) is 4.73. The Labute approximate surface area is 110 Å². The van der Waals surface area contributed by atoms with Gasteiger partial charge in [-0.15, -0.1) is 12.3 Å². The zero-order valence-electron chi connectivity index (χ0n) is 11.0. The van der Waals surface area contributed by atoms with Crippen LogP contribution in [0.1, 0.15) is 36.5 Å². The van der Waals surface area contributed by atoms with E-state index in [0.29, 0.717) is 6.04 Å². The Morgan fingerprint density at radius 2 is 2.33 bits per heavy atom. The normalized spacial score (nSPS) is 19.9. The van der Waals surface area contributed by atoms with Gasteiger partial charge in [0.25, 0.3) is 0 Å². The quantitative estimate of drug-likeness (QED) is 0.634. The van der Waals surface area contributed by atoms with Crippen LogP contribution in [0.25, 0.3) is 0 Å². The third-order valence-electron chi connectivity index (χ3n) is 3.60. The number of unbranched alkanes of at least 4 members (excludes halogenated alkanes) is 1. The predicted octanol–water partition coefficient (Wildman–Crippen LogP) is 2.69. The molecule has 96 valence electrons. The van der Waals surface area contributed by atoms with E-state index in [9.17, 15) is 0 Å². The Bertz CT molecular complexity index is 421. The van der Waals surface area contributed by atoms with Crippen LogP contribution in [0.15, 0.2) is 24.3 Å². The summed E-state index contributed by atoms with van der Waals surface area (Å²) in [6.07, 6.45) is 9.44. The van der Waals surface area contributed by atoms with Crippen molar-refractivity contribution in [1.29, 1.82) is 0 Å². The summed E-state index contributed by atoms with van der Waals surface area (Å²) in [4.78, 5) is 0. The number of nitrogens with one attached hydrogen (secondary N) is 1. The zero-order chi connectivity index (χ0) is 12.8. The lowest BCUT2D eigenvalue weighted by molar-refractivity contribution is 0.0147. The lowest BCUT2D eigenvalue weighted by Gasteiger charge is -2.32. The van der Waals surface area contributed by atoms with Crippen LogP contribution in [-0.4, -0.2) is 19.7 Å². The van der Waals surface area contributed by atoms with Crippen molar-refractivity contribution >= 4 is 0 Å². The van der Waals surface area contributed by atoms with Crippen molar-refractivity contribution < 1.29 is 4.74 Å². The Morgan fingerprint density at radius 1 is 1.50 bits per heavy atom. The highest BCUT2D eigenvalue weighted by atomic mass is 16.5. The molecule has 2 rings (SSSR count). The third kappa shape index (κ3) is 2.93. The molecule has 0 bridgehead atoms. The number of hydrogen-bond donors (Lipinski definition) is 1. The smallest absolute Gasteiger partial charge is 0.0980 e. The molecule has 0 spiro atoms. The van der Waals surface area contributed by atoms with Crippen LogP contribution in [-0.2, 0) is 11.2 Å². The van der Waals surface area contributed by atoms with Gasteiger partial charge < -0.3 is 10.1 Å². The number of ether oxygens (including phenoxy) is 1. The van der Waals surface area contributed by atoms with Gasteiger partial charge in [0.15, 0.2) is 0 Å². The third-order valence-corrected chi connectivity index (χ3v) is 3.60. The van der Waals surface area contributed by atoms with E-state index in [1.807, 2.05) is 7.05 Å². The average Bonchev–Trinajstić information content (AvgIpc) is 2.43. The lowest BCUT2D eigenvalue weighted by Crippen LogP contribution is -2.36. The molecule has 0 aliphatic carbocycles. The molecule has 0 fully saturated rings. The van der Waals surface area contributed by atoms with Crippen molar-refractivity contribution in [1.82, 2.24) is 5.32 Å². The summed E-state index contributed by atoms with van der Waals surface area (Å²) in [6, 6.07) is 8.94. The van der Waals surface area contributed by atoms with E-state index in [1.165, 1.54) is 11.1 Å². The van der Waals surface area contributed by atoms with Crippen molar-refractivity contribution in [2.75, 3.05) is 13.7 Å². The number of fused-ring (bicyclic) bond motifs is 1. The van der Waals surface area contributed by atoms with Crippen molar-refractivity contribution in [3.8, 4) is 12.3 Å². The van der Waals surface area contributed by atoms with Crippen LogP contribution in [0.2, 0.25) is 0 Å². The van der Waals surface area contributed by atoms with Crippen LogP contribution < -0.4 is 5.32 Å². The molecule has 2 nitrogen and oxygen atoms in total. The SMILES string of the molecule is C#CCCCC(NC)C1OCCc2ccccc21. The van der Waals surface area contributed by atoms with Gasteiger partial charge in [-0.2, -0.15) is 0 Å². The molecule has 18 heavy (non-hydrogen) atoms. The molecule has 1 aliphatic rings. The maximum atomic E-state index is 5.97. The minimum absolute atomic E-state index is 0.165. The molecular formula is C16H21NO. The Morgan fingerprint density at radius 3 is 3.11 bits per heavy atom. The molecule has 1 N–H and O–H groups in total. The maximum absolute atomic E-state index is 5.97. The first kappa shape index (κ1) is 13.1. The molecule has 0 radical (unpaired) electrons. The van der Waals surface area contributed by atoms with Crippen molar-refractivity contribution in [2.24, 2.45) is 0 Å². The van der Waals surface area contributed by atoms with E-state index in [4.69, 9.17) is 11.2 Å². The summed E-state index contributed by atoms with van der Waals surface area (Å²) in [5, 5.41) is 3.38. The zero-order valence-corrected chi connectivity index (χ0v) is 11.0. The van der Waals surface area contributed by atoms with Crippen LogP contribution in [0.5, 0.6) is 0 Å². The summed E-state index contributed by atoms with van der Waals surface area (Å²) in [5.41, 5.74) is 2.76. The standard InChI is InChI=1S/C16H21NO/c1-3-4-5-10-15(17-2)16-14-9-7-6-8-13(14)11-12-18-16/h1,6-9,15-17H,4-5,10-12H2,2H3. The minimum Gasteiger partial charge on any atom is -0.372 e. The topological polar surface area (TPSA) is 21.3 Å². The fourth-order valence-electron chi connectivity index (χ4n) is 2.63. The number of terminal acetylenes is 1. The van der Waals surface area contributed by atoms with E-state index in [2.05, 4.69) is 35.5 Å². The Kier molecular flexibility index (Phi) is 4.81. The summed E-state index contributed by atoms with van der Waals surface area (Å²) >= 11 is 0. The molecule has 1 heterocycles. The monoisotopic (exact) mass is 243 g/mol. The maximum Gasteiger partial charge on any atom is 0.0980 e. The average molecular weight is 243 g/mol. The highest BCUT2D eigenvalue weighted by Crippen LogP contribution is 2.31. The van der Waals surface area contributed by atoms with Crippen LogP contribution >= 0.6 is 0 Å². The van der Waals surface area contributed by atoms with E-state index in [-0.39, 0.29) is 6.10 Å². The van der Waals surface area contributed by atoms with Gasteiger partial charge >= 0.3 is 0 Å². The summed E-state index contributed by atoms with van der Waals surface area (Å²) in [6.45, 7) is 0.814. The summed E-state index contributed by atoms with van der Waals surface area (Å²) < 4.78 is 5.97. The first-order valence-corrected chi connectivity index (χ1v) is 6.67. The predicted molar refractivity (Wildman–Crippen MR) is 74.4 cm³/mol. The molecule has 0 saturated heterocycles. The van der Waals surface area contributed by atoms with Gasteiger partial charge in [-0.25, -0.2) is 0 Å². The van der Waals surface area contributed by atoms with Crippen LogP contribution in [0.3, 0.4) is 0 Å². The van der Waals surface area contributed by atoms with Gasteiger partial charge in [-0.3, -0.25) is 0 Å². The summed E-state index contributed by atoms with van der Waals surface area (Å²) in [5.74, 6) is 2.70. The van der Waals surface area contributed by atoms with Crippen molar-refractivity contribution in [3.05, 3.63) is 35.4 Å². The first-order valence-electron chi connectivity index (χ1n) is 6.67. The highest BCUT2D eigenvalue weighted by Gasteiger charge is 2.27. The second-order valence-electron chi connectivity index (χ2n) is 4.73. The van der Waals surface area contributed by atoms with Gasteiger partial charge in [0, 0.05) is 12.5 Å². The largest absolute Gasteiger partial charge is 0.372 e. The van der Waals surface area contributed by atoms with Gasteiger partial charge in [-0.1, -0.05) is 24.3 Å². The fourth-order valence-corrected chi connectivity index (χ4v) is 2.63. The van der Waals surface area contributed by atoms with Crippen molar-refractivity contribution in [3.63, 3.8) is 0 Å². The molecule has 2 atom stereocenters. The molecule has 0 amide bonds. The molecule has 0 saturated carbocycles. The van der Waals surface area contributed by atoms with Gasteiger partial charge in [0.1, 0.15) is 0 Å². The molecule has 2 heteroatoms.